The van der Waals surface area contributed by atoms with E-state index in [9.17, 15) is 14.0 Å². The highest BCUT2D eigenvalue weighted by Gasteiger charge is 2.54. The molecule has 0 atom stereocenters. The molecule has 0 amide bonds. The first kappa shape index (κ1) is 18.4. The van der Waals surface area contributed by atoms with Crippen LogP contribution in [0.3, 0.4) is 0 Å². The predicted octanol–water partition coefficient (Wildman–Crippen LogP) is 4.98. The van der Waals surface area contributed by atoms with E-state index in [4.69, 9.17) is 4.74 Å². The van der Waals surface area contributed by atoms with E-state index in [2.05, 4.69) is 21.2 Å². The van der Waals surface area contributed by atoms with Crippen molar-refractivity contribution in [3.8, 4) is 5.75 Å². The minimum absolute atomic E-state index is 0.0634. The molecule has 0 unspecified atom stereocenters. The number of anilines is 1. The number of ether oxygens (including phenoxy) is 1. The van der Waals surface area contributed by atoms with Crippen molar-refractivity contribution in [2.45, 2.75) is 5.54 Å². The number of Topliss-reactive ketones (excluding diaryl/α,β-unsaturated/α-hetero) is 2. The quantitative estimate of drug-likeness (QED) is 0.582. The van der Waals surface area contributed by atoms with Crippen LogP contribution < -0.4 is 10.1 Å². The van der Waals surface area contributed by atoms with Gasteiger partial charge in [0.1, 0.15) is 11.6 Å². The molecule has 0 radical (unpaired) electrons. The van der Waals surface area contributed by atoms with Crippen molar-refractivity contribution in [2.24, 2.45) is 0 Å². The summed E-state index contributed by atoms with van der Waals surface area (Å²) < 4.78 is 20.3. The number of carbonyl (C=O) groups is 2. The molecule has 0 fully saturated rings. The van der Waals surface area contributed by atoms with Crippen LogP contribution >= 0.6 is 15.9 Å². The molecular weight excluding hydrogens is 425 g/mol. The van der Waals surface area contributed by atoms with Gasteiger partial charge in [-0.3, -0.25) is 9.59 Å². The van der Waals surface area contributed by atoms with Crippen molar-refractivity contribution in [3.05, 3.63) is 93.7 Å². The molecule has 4 nitrogen and oxygen atoms in total. The van der Waals surface area contributed by atoms with Gasteiger partial charge in [0.2, 0.25) is 11.6 Å². The number of nitrogens with one attached hydrogen (secondary N) is 1. The van der Waals surface area contributed by atoms with Crippen LogP contribution in [0.1, 0.15) is 26.3 Å². The molecular formula is C22H15BrFNO3. The van der Waals surface area contributed by atoms with Gasteiger partial charge in [-0.05, 0) is 35.9 Å². The van der Waals surface area contributed by atoms with Crippen LogP contribution in [0.2, 0.25) is 0 Å². The first-order valence-corrected chi connectivity index (χ1v) is 9.33. The van der Waals surface area contributed by atoms with Gasteiger partial charge >= 0.3 is 0 Å². The largest absolute Gasteiger partial charge is 0.497 e. The first-order valence-electron chi connectivity index (χ1n) is 8.54. The normalized spacial score (nSPS) is 14.7. The Balaban J connectivity index is 1.91. The number of halogens is 2. The number of methoxy groups -OCH3 is 1. The minimum atomic E-state index is -1.75. The van der Waals surface area contributed by atoms with Crippen LogP contribution in [0, 0.1) is 5.82 Å². The Bertz CT molecular complexity index is 1060. The van der Waals surface area contributed by atoms with Crippen LogP contribution in [0.5, 0.6) is 5.75 Å². The fraction of sp³-hybridized carbons (Fsp3) is 0.0909. The van der Waals surface area contributed by atoms with Gasteiger partial charge in [0.15, 0.2) is 5.54 Å². The number of ketones is 2. The molecule has 0 saturated heterocycles. The maximum absolute atomic E-state index is 14.6. The Morgan fingerprint density at radius 2 is 1.54 bits per heavy atom. The fourth-order valence-corrected chi connectivity index (χ4v) is 3.80. The van der Waals surface area contributed by atoms with E-state index in [-0.39, 0.29) is 5.69 Å². The number of fused-ring (bicyclic) bond motifs is 1. The number of hydrogen-bond donors (Lipinski definition) is 1. The Labute approximate surface area is 169 Å². The van der Waals surface area contributed by atoms with E-state index >= 15 is 0 Å². The Kier molecular flexibility index (Phi) is 4.51. The molecule has 0 bridgehead atoms. The Morgan fingerprint density at radius 1 is 0.929 bits per heavy atom. The number of benzene rings is 3. The maximum atomic E-state index is 14.6. The molecule has 3 aromatic carbocycles. The number of rotatable bonds is 4. The van der Waals surface area contributed by atoms with Crippen LogP contribution in [-0.4, -0.2) is 18.7 Å². The third-order valence-electron chi connectivity index (χ3n) is 4.87. The zero-order valence-electron chi connectivity index (χ0n) is 14.8. The van der Waals surface area contributed by atoms with Gasteiger partial charge < -0.3 is 10.1 Å². The second-order valence-corrected chi connectivity index (χ2v) is 7.35. The second-order valence-electron chi connectivity index (χ2n) is 6.43. The van der Waals surface area contributed by atoms with E-state index in [1.165, 1.54) is 19.2 Å². The van der Waals surface area contributed by atoms with Gasteiger partial charge in [0.25, 0.3) is 0 Å². The molecule has 1 aliphatic rings. The third-order valence-corrected chi connectivity index (χ3v) is 5.37. The van der Waals surface area contributed by atoms with Crippen LogP contribution in [0.25, 0.3) is 0 Å². The molecule has 140 valence electrons. The zero-order chi connectivity index (χ0) is 19.9. The lowest BCUT2D eigenvalue weighted by Crippen LogP contribution is -2.46. The van der Waals surface area contributed by atoms with Crippen LogP contribution in [0.15, 0.2) is 71.2 Å². The Morgan fingerprint density at radius 3 is 2.07 bits per heavy atom. The van der Waals surface area contributed by atoms with Gasteiger partial charge in [0.05, 0.1) is 12.8 Å². The average Bonchev–Trinajstić information content (AvgIpc) is 2.93. The maximum Gasteiger partial charge on any atom is 0.201 e. The summed E-state index contributed by atoms with van der Waals surface area (Å²) in [6.07, 6.45) is 0. The summed E-state index contributed by atoms with van der Waals surface area (Å²) in [7, 11) is 1.53. The molecule has 1 N–H and O–H groups in total. The molecule has 0 saturated carbocycles. The lowest BCUT2D eigenvalue weighted by Gasteiger charge is -2.29. The SMILES string of the molecule is COc1ccc(C2(Nc3ccc(Br)cc3F)C(=O)c3ccccc3C2=O)cc1. The minimum Gasteiger partial charge on any atom is -0.497 e. The summed E-state index contributed by atoms with van der Waals surface area (Å²) >= 11 is 3.21. The number of carbonyl (C=O) groups excluding carboxylic acids is 2. The Hall–Kier alpha value is -2.99. The van der Waals surface area contributed by atoms with Gasteiger partial charge in [-0.2, -0.15) is 0 Å². The van der Waals surface area contributed by atoms with E-state index in [1.54, 1.807) is 54.6 Å². The molecule has 28 heavy (non-hydrogen) atoms. The van der Waals surface area contributed by atoms with E-state index < -0.39 is 22.9 Å². The molecule has 0 heterocycles. The predicted molar refractivity (Wildman–Crippen MR) is 107 cm³/mol. The van der Waals surface area contributed by atoms with Gasteiger partial charge in [-0.15, -0.1) is 0 Å². The van der Waals surface area contributed by atoms with E-state index in [1.807, 2.05) is 0 Å². The summed E-state index contributed by atoms with van der Waals surface area (Å²) in [6.45, 7) is 0. The summed E-state index contributed by atoms with van der Waals surface area (Å²) in [6, 6.07) is 17.7. The zero-order valence-corrected chi connectivity index (χ0v) is 16.4. The lowest BCUT2D eigenvalue weighted by atomic mass is 9.84. The van der Waals surface area contributed by atoms with Gasteiger partial charge in [0, 0.05) is 15.6 Å². The molecule has 6 heteroatoms. The lowest BCUT2D eigenvalue weighted by molar-refractivity contribution is 0.0818. The number of hydrogen-bond acceptors (Lipinski definition) is 4. The standard InChI is InChI=1S/C22H15BrFNO3/c1-28-15-9-6-13(7-10-15)22(25-19-11-8-14(23)12-18(19)24)20(26)16-4-2-3-5-17(16)21(22)27/h2-12,25H,1H3. The topological polar surface area (TPSA) is 55.4 Å². The fourth-order valence-electron chi connectivity index (χ4n) is 3.47. The van der Waals surface area contributed by atoms with Crippen molar-refractivity contribution < 1.29 is 18.7 Å². The van der Waals surface area contributed by atoms with E-state index in [0.717, 1.165) is 0 Å². The van der Waals surface area contributed by atoms with Crippen molar-refractivity contribution >= 4 is 33.2 Å². The monoisotopic (exact) mass is 439 g/mol. The molecule has 1 aliphatic carbocycles. The first-order chi connectivity index (χ1) is 13.5. The highest BCUT2D eigenvalue weighted by molar-refractivity contribution is 9.10. The molecule has 3 aromatic rings. The average molecular weight is 440 g/mol. The summed E-state index contributed by atoms with van der Waals surface area (Å²) in [5.41, 5.74) is -0.637. The highest BCUT2D eigenvalue weighted by atomic mass is 79.9. The highest BCUT2D eigenvalue weighted by Crippen LogP contribution is 2.41. The van der Waals surface area contributed by atoms with Crippen molar-refractivity contribution in [1.82, 2.24) is 0 Å². The van der Waals surface area contributed by atoms with Crippen molar-refractivity contribution in [3.63, 3.8) is 0 Å². The van der Waals surface area contributed by atoms with Crippen LogP contribution in [0.4, 0.5) is 10.1 Å². The molecule has 0 aromatic heterocycles. The van der Waals surface area contributed by atoms with Gasteiger partial charge in [-0.25, -0.2) is 4.39 Å². The summed E-state index contributed by atoms with van der Waals surface area (Å²) in [5.74, 6) is -0.816. The smallest absolute Gasteiger partial charge is 0.201 e. The van der Waals surface area contributed by atoms with Crippen molar-refractivity contribution in [1.29, 1.82) is 0 Å². The van der Waals surface area contributed by atoms with Gasteiger partial charge in [-0.1, -0.05) is 52.3 Å². The summed E-state index contributed by atoms with van der Waals surface area (Å²) in [4.78, 5) is 26.8. The molecule has 0 spiro atoms. The van der Waals surface area contributed by atoms with Crippen molar-refractivity contribution in [2.75, 3.05) is 12.4 Å². The molecule has 4 rings (SSSR count). The van der Waals surface area contributed by atoms with E-state index in [0.29, 0.717) is 26.9 Å². The third kappa shape index (κ3) is 2.72. The summed E-state index contributed by atoms with van der Waals surface area (Å²) in [5, 5.41) is 2.91. The van der Waals surface area contributed by atoms with Crippen LogP contribution in [-0.2, 0) is 5.54 Å². The molecule has 0 aliphatic heterocycles. The second kappa shape index (κ2) is 6.87.